The van der Waals surface area contributed by atoms with Gasteiger partial charge in [0.1, 0.15) is 5.02 Å². The topological polar surface area (TPSA) is 92.5 Å². The summed E-state index contributed by atoms with van der Waals surface area (Å²) in [4.78, 5) is 22.0. The van der Waals surface area contributed by atoms with E-state index in [9.17, 15) is 20.0 Å². The summed E-state index contributed by atoms with van der Waals surface area (Å²) < 4.78 is 0. The van der Waals surface area contributed by atoms with Crippen molar-refractivity contribution in [3.63, 3.8) is 0 Å². The van der Waals surface area contributed by atoms with E-state index in [4.69, 9.17) is 11.6 Å². The Kier molecular flexibility index (Phi) is 5.91. The van der Waals surface area contributed by atoms with E-state index < -0.39 is 16.9 Å². The number of halogens is 1. The summed E-state index contributed by atoms with van der Waals surface area (Å²) in [6.07, 6.45) is -0.0976. The smallest absolute Gasteiger partial charge is 0.288 e. The number of nitro groups is 1. The van der Waals surface area contributed by atoms with E-state index in [0.717, 1.165) is 0 Å². The van der Waals surface area contributed by atoms with Gasteiger partial charge in [-0.2, -0.15) is 0 Å². The third-order valence-corrected chi connectivity index (χ3v) is 3.06. The van der Waals surface area contributed by atoms with Gasteiger partial charge < -0.3 is 10.4 Å². The van der Waals surface area contributed by atoms with Crippen molar-refractivity contribution in [2.45, 2.75) is 26.4 Å². The number of aliphatic hydroxyl groups is 1. The van der Waals surface area contributed by atoms with Crippen molar-refractivity contribution < 1.29 is 14.8 Å². The molecule has 1 amide bonds. The second-order valence-corrected chi connectivity index (χ2v) is 5.27. The lowest BCUT2D eigenvalue weighted by molar-refractivity contribution is -0.384. The van der Waals surface area contributed by atoms with Crippen molar-refractivity contribution in [1.29, 1.82) is 0 Å². The molecule has 1 aromatic rings. The largest absolute Gasteiger partial charge is 0.391 e. The average molecular weight is 301 g/mol. The molecule has 6 nitrogen and oxygen atoms in total. The molecule has 20 heavy (non-hydrogen) atoms. The van der Waals surface area contributed by atoms with E-state index in [0.29, 0.717) is 12.3 Å². The molecule has 1 unspecified atom stereocenters. The summed E-state index contributed by atoms with van der Waals surface area (Å²) in [5.74, 6) is -0.232. The number of benzene rings is 1. The van der Waals surface area contributed by atoms with E-state index in [2.05, 4.69) is 5.32 Å². The summed E-state index contributed by atoms with van der Waals surface area (Å²) in [5, 5.41) is 22.7. The lowest BCUT2D eigenvalue weighted by Gasteiger charge is -2.14. The van der Waals surface area contributed by atoms with Gasteiger partial charge in [0.05, 0.1) is 16.6 Å². The maximum absolute atomic E-state index is 11.9. The van der Waals surface area contributed by atoms with Gasteiger partial charge in [0.15, 0.2) is 0 Å². The van der Waals surface area contributed by atoms with Crippen molar-refractivity contribution >= 4 is 23.2 Å². The fraction of sp³-hybridized carbons (Fsp3) is 0.462. The first-order chi connectivity index (χ1) is 9.32. The van der Waals surface area contributed by atoms with Crippen LogP contribution in [-0.2, 0) is 0 Å². The van der Waals surface area contributed by atoms with Crippen LogP contribution in [0.25, 0.3) is 0 Å². The van der Waals surface area contributed by atoms with Gasteiger partial charge in [-0.3, -0.25) is 14.9 Å². The van der Waals surface area contributed by atoms with Gasteiger partial charge in [-0.15, -0.1) is 0 Å². The molecule has 1 atom stereocenters. The Bertz CT molecular complexity index is 505. The molecule has 0 heterocycles. The van der Waals surface area contributed by atoms with Crippen LogP contribution < -0.4 is 5.32 Å². The van der Waals surface area contributed by atoms with E-state index in [-0.39, 0.29) is 22.8 Å². The maximum atomic E-state index is 11.9. The minimum Gasteiger partial charge on any atom is -0.391 e. The van der Waals surface area contributed by atoms with Gasteiger partial charge >= 0.3 is 0 Å². The second-order valence-electron chi connectivity index (χ2n) is 4.89. The number of aliphatic hydroxyl groups excluding tert-OH is 1. The predicted octanol–water partition coefficient (Wildman–Crippen LogP) is 2.39. The number of nitro benzene ring substituents is 1. The Hall–Kier alpha value is -1.66. The van der Waals surface area contributed by atoms with Crippen LogP contribution in [0.1, 0.15) is 30.6 Å². The highest BCUT2D eigenvalue weighted by Gasteiger charge is 2.20. The highest BCUT2D eigenvalue weighted by Crippen LogP contribution is 2.27. The van der Waals surface area contributed by atoms with Gasteiger partial charge in [0.2, 0.25) is 0 Å². The Labute approximate surface area is 121 Å². The Morgan fingerprint density at radius 1 is 1.50 bits per heavy atom. The monoisotopic (exact) mass is 300 g/mol. The molecule has 0 bridgehead atoms. The highest BCUT2D eigenvalue weighted by molar-refractivity contribution is 6.35. The molecule has 0 aliphatic heterocycles. The molecule has 0 aliphatic rings. The lowest BCUT2D eigenvalue weighted by atomic mass is 10.1. The zero-order chi connectivity index (χ0) is 15.3. The van der Waals surface area contributed by atoms with Crippen molar-refractivity contribution in [2.75, 3.05) is 6.54 Å². The van der Waals surface area contributed by atoms with Crippen molar-refractivity contribution in [3.8, 4) is 0 Å². The minimum absolute atomic E-state index is 0.0256. The fourth-order valence-corrected chi connectivity index (χ4v) is 2.05. The number of nitrogens with zero attached hydrogens (tertiary/aromatic N) is 1. The molecule has 0 saturated carbocycles. The molecule has 0 saturated heterocycles. The number of nitrogens with one attached hydrogen (secondary N) is 1. The number of amides is 1. The molecule has 0 aliphatic carbocycles. The third kappa shape index (κ3) is 4.47. The Morgan fingerprint density at radius 2 is 2.15 bits per heavy atom. The SMILES string of the molecule is CC(C)CC(O)CNC(=O)c1cccc([N+](=O)[O-])c1Cl. The molecule has 0 spiro atoms. The van der Waals surface area contributed by atoms with Crippen LogP contribution >= 0.6 is 11.6 Å². The normalized spacial score (nSPS) is 12.2. The first-order valence-electron chi connectivity index (χ1n) is 6.22. The highest BCUT2D eigenvalue weighted by atomic mass is 35.5. The van der Waals surface area contributed by atoms with Crippen molar-refractivity contribution in [2.24, 2.45) is 5.92 Å². The van der Waals surface area contributed by atoms with Crippen LogP contribution in [0, 0.1) is 16.0 Å². The van der Waals surface area contributed by atoms with Gasteiger partial charge in [-0.1, -0.05) is 31.5 Å². The summed E-state index contributed by atoms with van der Waals surface area (Å²) in [7, 11) is 0. The number of carbonyl (C=O) groups is 1. The lowest BCUT2D eigenvalue weighted by Crippen LogP contribution is -2.33. The Morgan fingerprint density at radius 3 is 2.70 bits per heavy atom. The van der Waals surface area contributed by atoms with Gasteiger partial charge in [0.25, 0.3) is 11.6 Å². The van der Waals surface area contributed by atoms with Crippen LogP contribution in [0.5, 0.6) is 0 Å². The second kappa shape index (κ2) is 7.21. The van der Waals surface area contributed by atoms with E-state index in [1.165, 1.54) is 18.2 Å². The average Bonchev–Trinajstić information content (AvgIpc) is 2.35. The quantitative estimate of drug-likeness (QED) is 0.623. The van der Waals surface area contributed by atoms with Crippen LogP contribution in [0.4, 0.5) is 5.69 Å². The van der Waals surface area contributed by atoms with Gasteiger partial charge in [-0.25, -0.2) is 0 Å². The first-order valence-corrected chi connectivity index (χ1v) is 6.60. The Balaban J connectivity index is 2.74. The van der Waals surface area contributed by atoms with Crippen LogP contribution in [0.3, 0.4) is 0 Å². The van der Waals surface area contributed by atoms with E-state index in [1.54, 1.807) is 0 Å². The predicted molar refractivity (Wildman–Crippen MR) is 75.9 cm³/mol. The molecule has 110 valence electrons. The van der Waals surface area contributed by atoms with Gasteiger partial charge in [0, 0.05) is 12.6 Å². The number of hydrogen-bond donors (Lipinski definition) is 2. The van der Waals surface area contributed by atoms with Gasteiger partial charge in [-0.05, 0) is 18.4 Å². The van der Waals surface area contributed by atoms with Crippen LogP contribution in [0.2, 0.25) is 5.02 Å². The molecule has 7 heteroatoms. The molecule has 2 N–H and O–H groups in total. The number of carbonyl (C=O) groups excluding carboxylic acids is 1. The molecule has 0 aromatic heterocycles. The summed E-state index contributed by atoms with van der Waals surface area (Å²) in [6, 6.07) is 4.02. The third-order valence-electron chi connectivity index (χ3n) is 2.66. The van der Waals surface area contributed by atoms with Crippen molar-refractivity contribution in [3.05, 3.63) is 38.9 Å². The number of hydrogen-bond acceptors (Lipinski definition) is 4. The van der Waals surface area contributed by atoms with Crippen molar-refractivity contribution in [1.82, 2.24) is 5.32 Å². The minimum atomic E-state index is -0.656. The zero-order valence-corrected chi connectivity index (χ0v) is 12.1. The summed E-state index contributed by atoms with van der Waals surface area (Å²) in [6.45, 7) is 4.00. The fourth-order valence-electron chi connectivity index (χ4n) is 1.77. The molecule has 0 fully saturated rings. The zero-order valence-electron chi connectivity index (χ0n) is 11.3. The molecule has 1 rings (SSSR count). The first kappa shape index (κ1) is 16.4. The summed E-state index contributed by atoms with van der Waals surface area (Å²) in [5.41, 5.74) is -0.292. The summed E-state index contributed by atoms with van der Waals surface area (Å²) >= 11 is 5.83. The standard InChI is InChI=1S/C13H17ClN2O4/c1-8(2)6-9(17)7-15-13(18)10-4-3-5-11(12(10)14)16(19)20/h3-5,8-9,17H,6-7H2,1-2H3,(H,15,18). The molecular formula is C13H17ClN2O4. The molecular weight excluding hydrogens is 284 g/mol. The van der Waals surface area contributed by atoms with Crippen LogP contribution in [-0.4, -0.2) is 28.6 Å². The molecule has 1 aromatic carbocycles. The maximum Gasteiger partial charge on any atom is 0.288 e. The van der Waals surface area contributed by atoms with Crippen LogP contribution in [0.15, 0.2) is 18.2 Å². The van der Waals surface area contributed by atoms with E-state index >= 15 is 0 Å². The van der Waals surface area contributed by atoms with E-state index in [1.807, 2.05) is 13.8 Å². The molecule has 0 radical (unpaired) electrons. The number of rotatable bonds is 6.